The van der Waals surface area contributed by atoms with Gasteiger partial charge in [0.05, 0.1) is 11.9 Å². The molecule has 0 aliphatic carbocycles. The minimum Gasteiger partial charge on any atom is -0.479 e. The molecule has 0 bridgehead atoms. The summed E-state index contributed by atoms with van der Waals surface area (Å²) in [6, 6.07) is 0. The number of rotatable bonds is 3. The van der Waals surface area contributed by atoms with Crippen LogP contribution in [0.5, 0.6) is 0 Å². The Morgan fingerprint density at radius 3 is 2.68 bits per heavy atom. The molecular formula is C13H17N3O3. The number of aliphatic carboxylic acids is 1. The van der Waals surface area contributed by atoms with E-state index in [0.717, 1.165) is 5.69 Å². The van der Waals surface area contributed by atoms with Gasteiger partial charge in [0.25, 0.3) is 5.91 Å². The third kappa shape index (κ3) is 2.18. The Kier molecular flexibility index (Phi) is 3.50. The van der Waals surface area contributed by atoms with Gasteiger partial charge in [-0.25, -0.2) is 9.78 Å². The van der Waals surface area contributed by atoms with Crippen LogP contribution < -0.4 is 0 Å². The summed E-state index contributed by atoms with van der Waals surface area (Å²) in [5.74, 6) is -1.30. The first-order valence-electron chi connectivity index (χ1n) is 6.35. The minimum atomic E-state index is -1.09. The Hall–Kier alpha value is -1.98. The van der Waals surface area contributed by atoms with Crippen molar-refractivity contribution in [2.75, 3.05) is 6.54 Å². The molecule has 1 aliphatic rings. The van der Waals surface area contributed by atoms with Gasteiger partial charge in [0.1, 0.15) is 11.2 Å². The molecule has 0 aromatic carbocycles. The number of carboxylic acid groups (broad SMARTS) is 1. The summed E-state index contributed by atoms with van der Waals surface area (Å²) in [6.07, 6.45) is 4.50. The lowest BCUT2D eigenvalue weighted by Crippen LogP contribution is -2.52. The normalized spacial score (nSPS) is 22.5. The van der Waals surface area contributed by atoms with Gasteiger partial charge in [-0.15, -0.1) is 0 Å². The Balaban J connectivity index is 2.32. The first-order valence-corrected chi connectivity index (χ1v) is 6.35. The monoisotopic (exact) mass is 263 g/mol. The molecule has 1 amide bonds. The van der Waals surface area contributed by atoms with Crippen LogP contribution in [-0.4, -0.2) is 43.9 Å². The SMILES string of the molecule is CCC1(C(=O)O)CCCN1C(=O)c1cnc(C)cn1. The molecule has 0 radical (unpaired) electrons. The van der Waals surface area contributed by atoms with Gasteiger partial charge >= 0.3 is 5.97 Å². The van der Waals surface area contributed by atoms with Gasteiger partial charge in [-0.3, -0.25) is 9.78 Å². The van der Waals surface area contributed by atoms with Crippen molar-refractivity contribution >= 4 is 11.9 Å². The van der Waals surface area contributed by atoms with E-state index in [1.807, 2.05) is 0 Å². The van der Waals surface area contributed by atoms with E-state index in [2.05, 4.69) is 9.97 Å². The second-order valence-corrected chi connectivity index (χ2v) is 4.79. The number of carboxylic acids is 1. The minimum absolute atomic E-state index is 0.201. The summed E-state index contributed by atoms with van der Waals surface area (Å²) in [6.45, 7) is 4.03. The van der Waals surface area contributed by atoms with E-state index in [9.17, 15) is 14.7 Å². The van der Waals surface area contributed by atoms with Crippen LogP contribution in [0.1, 0.15) is 42.4 Å². The number of hydrogen-bond donors (Lipinski definition) is 1. The first kappa shape index (κ1) is 13.5. The summed E-state index contributed by atoms with van der Waals surface area (Å²) in [5, 5.41) is 9.44. The van der Waals surface area contributed by atoms with Crippen molar-refractivity contribution in [1.82, 2.24) is 14.9 Å². The predicted octanol–water partition coefficient (Wildman–Crippen LogP) is 1.25. The van der Waals surface area contributed by atoms with Gasteiger partial charge < -0.3 is 10.0 Å². The second kappa shape index (κ2) is 4.95. The standard InChI is InChI=1S/C13H17N3O3/c1-3-13(12(18)19)5-4-6-16(13)11(17)10-8-14-9(2)7-15-10/h7-8H,3-6H2,1-2H3,(H,18,19). The fraction of sp³-hybridized carbons (Fsp3) is 0.538. The van der Waals surface area contributed by atoms with Crippen LogP contribution in [0.2, 0.25) is 0 Å². The van der Waals surface area contributed by atoms with E-state index >= 15 is 0 Å². The van der Waals surface area contributed by atoms with Crippen molar-refractivity contribution in [2.45, 2.75) is 38.6 Å². The quantitative estimate of drug-likeness (QED) is 0.887. The second-order valence-electron chi connectivity index (χ2n) is 4.79. The molecule has 1 saturated heterocycles. The van der Waals surface area contributed by atoms with Gasteiger partial charge in [0.15, 0.2) is 0 Å². The van der Waals surface area contributed by atoms with Crippen molar-refractivity contribution in [1.29, 1.82) is 0 Å². The van der Waals surface area contributed by atoms with Crippen LogP contribution in [0.3, 0.4) is 0 Å². The van der Waals surface area contributed by atoms with E-state index in [-0.39, 0.29) is 11.6 Å². The van der Waals surface area contributed by atoms with E-state index in [1.54, 1.807) is 13.8 Å². The highest BCUT2D eigenvalue weighted by molar-refractivity contribution is 5.96. The van der Waals surface area contributed by atoms with E-state index in [4.69, 9.17) is 0 Å². The van der Waals surface area contributed by atoms with Gasteiger partial charge in [0.2, 0.25) is 0 Å². The van der Waals surface area contributed by atoms with Crippen LogP contribution in [0.25, 0.3) is 0 Å². The van der Waals surface area contributed by atoms with Crippen molar-refractivity contribution in [3.8, 4) is 0 Å². The average Bonchev–Trinajstić information content (AvgIpc) is 2.83. The Morgan fingerprint density at radius 2 is 2.16 bits per heavy atom. The molecule has 1 unspecified atom stereocenters. The van der Waals surface area contributed by atoms with E-state index in [1.165, 1.54) is 17.3 Å². The zero-order chi connectivity index (χ0) is 14.0. The summed E-state index contributed by atoms with van der Waals surface area (Å²) in [7, 11) is 0. The summed E-state index contributed by atoms with van der Waals surface area (Å²) in [4.78, 5) is 33.4. The molecule has 1 fully saturated rings. The molecule has 2 heterocycles. The number of aromatic nitrogens is 2. The number of amides is 1. The molecule has 6 heteroatoms. The topological polar surface area (TPSA) is 83.4 Å². The maximum Gasteiger partial charge on any atom is 0.329 e. The molecule has 1 N–H and O–H groups in total. The lowest BCUT2D eigenvalue weighted by Gasteiger charge is -2.33. The number of likely N-dealkylation sites (tertiary alicyclic amines) is 1. The van der Waals surface area contributed by atoms with Crippen LogP contribution in [0.15, 0.2) is 12.4 Å². The van der Waals surface area contributed by atoms with Crippen molar-refractivity contribution in [2.24, 2.45) is 0 Å². The van der Waals surface area contributed by atoms with Gasteiger partial charge in [0, 0.05) is 12.7 Å². The zero-order valence-corrected chi connectivity index (χ0v) is 11.1. The van der Waals surface area contributed by atoms with Crippen LogP contribution in [-0.2, 0) is 4.79 Å². The maximum atomic E-state index is 12.4. The van der Waals surface area contributed by atoms with Crippen molar-refractivity contribution in [3.63, 3.8) is 0 Å². The highest BCUT2D eigenvalue weighted by Gasteiger charge is 2.48. The summed E-state index contributed by atoms with van der Waals surface area (Å²) >= 11 is 0. The van der Waals surface area contributed by atoms with E-state index < -0.39 is 11.5 Å². The molecule has 102 valence electrons. The van der Waals surface area contributed by atoms with Crippen LogP contribution in [0, 0.1) is 6.92 Å². The van der Waals surface area contributed by atoms with Gasteiger partial charge in [-0.05, 0) is 26.2 Å². The van der Waals surface area contributed by atoms with Crippen molar-refractivity contribution in [3.05, 3.63) is 23.8 Å². The number of carbonyl (C=O) groups excluding carboxylic acids is 1. The number of hydrogen-bond acceptors (Lipinski definition) is 4. The molecule has 2 rings (SSSR count). The van der Waals surface area contributed by atoms with E-state index in [0.29, 0.717) is 25.8 Å². The Labute approximate surface area is 111 Å². The molecule has 0 spiro atoms. The highest BCUT2D eigenvalue weighted by Crippen LogP contribution is 2.33. The summed E-state index contributed by atoms with van der Waals surface area (Å²) < 4.78 is 0. The first-order chi connectivity index (χ1) is 9.01. The molecule has 1 atom stereocenters. The molecule has 19 heavy (non-hydrogen) atoms. The maximum absolute atomic E-state index is 12.4. The third-order valence-corrected chi connectivity index (χ3v) is 3.72. The fourth-order valence-corrected chi connectivity index (χ4v) is 2.56. The number of carbonyl (C=O) groups is 2. The van der Waals surface area contributed by atoms with Gasteiger partial charge in [-0.1, -0.05) is 6.92 Å². The van der Waals surface area contributed by atoms with Crippen LogP contribution in [0.4, 0.5) is 0 Å². The number of aryl methyl sites for hydroxylation is 1. The lowest BCUT2D eigenvalue weighted by molar-refractivity contribution is -0.148. The smallest absolute Gasteiger partial charge is 0.329 e. The third-order valence-electron chi connectivity index (χ3n) is 3.72. The average molecular weight is 263 g/mol. The number of nitrogens with zero attached hydrogens (tertiary/aromatic N) is 3. The molecule has 1 aromatic heterocycles. The van der Waals surface area contributed by atoms with Crippen LogP contribution >= 0.6 is 0 Å². The van der Waals surface area contributed by atoms with Gasteiger partial charge in [-0.2, -0.15) is 0 Å². The molecule has 0 saturated carbocycles. The zero-order valence-electron chi connectivity index (χ0n) is 11.1. The molecule has 1 aromatic rings. The molecular weight excluding hydrogens is 246 g/mol. The lowest BCUT2D eigenvalue weighted by atomic mass is 9.93. The highest BCUT2D eigenvalue weighted by atomic mass is 16.4. The Bertz CT molecular complexity index is 500. The summed E-state index contributed by atoms with van der Waals surface area (Å²) in [5.41, 5.74) is -0.173. The predicted molar refractivity (Wildman–Crippen MR) is 67.7 cm³/mol. The van der Waals surface area contributed by atoms with Crippen molar-refractivity contribution < 1.29 is 14.7 Å². The molecule has 1 aliphatic heterocycles. The molecule has 6 nitrogen and oxygen atoms in total. The largest absolute Gasteiger partial charge is 0.479 e. The fourth-order valence-electron chi connectivity index (χ4n) is 2.56. The Morgan fingerprint density at radius 1 is 1.42 bits per heavy atom.